The molecule has 17 heavy (non-hydrogen) atoms. The van der Waals surface area contributed by atoms with Crippen LogP contribution in [0, 0.1) is 6.92 Å². The lowest BCUT2D eigenvalue weighted by Gasteiger charge is -2.09. The lowest BCUT2D eigenvalue weighted by atomic mass is 10.0. The van der Waals surface area contributed by atoms with Gasteiger partial charge in [-0.3, -0.25) is 0 Å². The number of aryl methyl sites for hydroxylation is 2. The van der Waals surface area contributed by atoms with Crippen LogP contribution in [0.1, 0.15) is 34.7 Å². The number of benzene rings is 1. The van der Waals surface area contributed by atoms with Crippen molar-refractivity contribution >= 4 is 11.5 Å². The monoisotopic (exact) mass is 248 g/mol. The van der Waals surface area contributed by atoms with Crippen LogP contribution in [0.25, 0.3) is 0 Å². The molecule has 3 nitrogen and oxygen atoms in total. The van der Waals surface area contributed by atoms with Crippen molar-refractivity contribution in [1.29, 1.82) is 0 Å². The van der Waals surface area contributed by atoms with Crippen molar-refractivity contribution in [3.05, 3.63) is 46.0 Å². The van der Waals surface area contributed by atoms with Crippen LogP contribution >= 0.6 is 11.5 Å². The Hall–Kier alpha value is -1.26. The minimum Gasteiger partial charge on any atom is -0.387 e. The predicted molar refractivity (Wildman–Crippen MR) is 69.1 cm³/mol. The van der Waals surface area contributed by atoms with Gasteiger partial charge in [0, 0.05) is 6.42 Å². The van der Waals surface area contributed by atoms with Gasteiger partial charge in [-0.15, -0.1) is 5.10 Å². The van der Waals surface area contributed by atoms with Crippen molar-refractivity contribution < 1.29 is 5.11 Å². The fraction of sp³-hybridized carbons (Fsp3) is 0.385. The third-order valence-electron chi connectivity index (χ3n) is 2.73. The molecule has 4 heteroatoms. The van der Waals surface area contributed by atoms with E-state index in [1.807, 2.05) is 19.1 Å². The first kappa shape index (κ1) is 12.2. The molecule has 2 aromatic rings. The van der Waals surface area contributed by atoms with Crippen molar-refractivity contribution in [2.45, 2.75) is 32.8 Å². The van der Waals surface area contributed by atoms with Crippen molar-refractivity contribution in [3.63, 3.8) is 0 Å². The van der Waals surface area contributed by atoms with Crippen LogP contribution in [0.2, 0.25) is 0 Å². The average molecular weight is 248 g/mol. The molecule has 0 aliphatic heterocycles. The highest BCUT2D eigenvalue weighted by atomic mass is 32.1. The zero-order chi connectivity index (χ0) is 12.3. The maximum Gasteiger partial charge on any atom is 0.0957 e. The second-order valence-corrected chi connectivity index (χ2v) is 4.93. The Morgan fingerprint density at radius 1 is 1.41 bits per heavy atom. The number of rotatable bonds is 4. The van der Waals surface area contributed by atoms with Gasteiger partial charge in [-0.1, -0.05) is 41.2 Å². The van der Waals surface area contributed by atoms with E-state index >= 15 is 0 Å². The van der Waals surface area contributed by atoms with Crippen LogP contribution in [0.15, 0.2) is 24.3 Å². The fourth-order valence-corrected chi connectivity index (χ4v) is 2.59. The summed E-state index contributed by atoms with van der Waals surface area (Å²) in [6.45, 7) is 4.08. The molecule has 0 aliphatic carbocycles. The third kappa shape index (κ3) is 2.90. The van der Waals surface area contributed by atoms with Crippen LogP contribution < -0.4 is 0 Å². The van der Waals surface area contributed by atoms with Gasteiger partial charge < -0.3 is 5.11 Å². The lowest BCUT2D eigenvalue weighted by Crippen LogP contribution is -2.03. The molecule has 1 N–H and O–H groups in total. The van der Waals surface area contributed by atoms with Gasteiger partial charge in [0.2, 0.25) is 0 Å². The van der Waals surface area contributed by atoms with E-state index in [0.29, 0.717) is 6.42 Å². The van der Waals surface area contributed by atoms with Gasteiger partial charge in [0.1, 0.15) is 0 Å². The molecular weight excluding hydrogens is 232 g/mol. The minimum atomic E-state index is -0.494. The van der Waals surface area contributed by atoms with E-state index in [-0.39, 0.29) is 0 Å². The first-order valence-electron chi connectivity index (χ1n) is 5.75. The van der Waals surface area contributed by atoms with Crippen LogP contribution in [0.3, 0.4) is 0 Å². The van der Waals surface area contributed by atoms with Gasteiger partial charge in [0.15, 0.2) is 0 Å². The summed E-state index contributed by atoms with van der Waals surface area (Å²) in [5, 5.41) is 14.2. The Balaban J connectivity index is 2.14. The van der Waals surface area contributed by atoms with E-state index in [1.54, 1.807) is 0 Å². The Bertz CT molecular complexity index is 496. The molecule has 1 aromatic heterocycles. The average Bonchev–Trinajstić information content (AvgIpc) is 2.77. The van der Waals surface area contributed by atoms with Crippen LogP contribution in [0.4, 0.5) is 0 Å². The highest BCUT2D eigenvalue weighted by Gasteiger charge is 2.16. The zero-order valence-electron chi connectivity index (χ0n) is 10.1. The molecule has 1 unspecified atom stereocenters. The lowest BCUT2D eigenvalue weighted by molar-refractivity contribution is 0.181. The molecule has 1 aromatic carbocycles. The zero-order valence-corrected chi connectivity index (χ0v) is 10.9. The summed E-state index contributed by atoms with van der Waals surface area (Å²) < 4.78 is 3.90. The molecule has 2 rings (SSSR count). The van der Waals surface area contributed by atoms with Gasteiger partial charge in [-0.2, -0.15) is 0 Å². The summed E-state index contributed by atoms with van der Waals surface area (Å²) in [7, 11) is 0. The second-order valence-electron chi connectivity index (χ2n) is 4.15. The molecule has 0 amide bonds. The minimum absolute atomic E-state index is 0.494. The quantitative estimate of drug-likeness (QED) is 0.905. The normalized spacial score (nSPS) is 12.6. The number of aliphatic hydroxyl groups excluding tert-OH is 1. The molecule has 0 aliphatic rings. The Labute approximate surface area is 105 Å². The summed E-state index contributed by atoms with van der Waals surface area (Å²) in [6.07, 6.45) is 0.946. The van der Waals surface area contributed by atoms with Gasteiger partial charge in [0.05, 0.1) is 16.7 Å². The summed E-state index contributed by atoms with van der Waals surface area (Å²) >= 11 is 1.29. The largest absolute Gasteiger partial charge is 0.387 e. The summed E-state index contributed by atoms with van der Waals surface area (Å²) in [4.78, 5) is 0.897. The van der Waals surface area contributed by atoms with E-state index < -0.39 is 6.10 Å². The standard InChI is InChI=1S/C13H16N2OS/c1-3-11-13(17-15-14-11)12(16)8-10-6-4-5-9(2)7-10/h4-7,12,16H,3,8H2,1-2H3. The molecule has 0 saturated carbocycles. The molecule has 1 heterocycles. The van der Waals surface area contributed by atoms with Crippen molar-refractivity contribution in [2.24, 2.45) is 0 Å². The molecule has 0 saturated heterocycles. The van der Waals surface area contributed by atoms with Gasteiger partial charge in [-0.25, -0.2) is 0 Å². The van der Waals surface area contributed by atoms with E-state index in [4.69, 9.17) is 0 Å². The summed E-state index contributed by atoms with van der Waals surface area (Å²) in [6, 6.07) is 8.21. The van der Waals surface area contributed by atoms with Crippen LogP contribution in [-0.2, 0) is 12.8 Å². The first-order valence-corrected chi connectivity index (χ1v) is 6.52. The number of aromatic nitrogens is 2. The molecule has 0 spiro atoms. The summed E-state index contributed by atoms with van der Waals surface area (Å²) in [5.74, 6) is 0. The molecule has 0 radical (unpaired) electrons. The maximum absolute atomic E-state index is 10.2. The van der Waals surface area contributed by atoms with E-state index in [2.05, 4.69) is 28.6 Å². The maximum atomic E-state index is 10.2. The smallest absolute Gasteiger partial charge is 0.0957 e. The first-order chi connectivity index (χ1) is 8.20. The van der Waals surface area contributed by atoms with Gasteiger partial charge in [0.25, 0.3) is 0 Å². The Morgan fingerprint density at radius 3 is 2.94 bits per heavy atom. The number of nitrogens with zero attached hydrogens (tertiary/aromatic N) is 2. The molecule has 1 atom stereocenters. The third-order valence-corrected chi connectivity index (χ3v) is 3.60. The summed E-state index contributed by atoms with van der Waals surface area (Å²) in [5.41, 5.74) is 3.27. The number of hydrogen-bond donors (Lipinski definition) is 1. The number of hydrogen-bond acceptors (Lipinski definition) is 4. The molecule has 0 fully saturated rings. The SMILES string of the molecule is CCc1nnsc1C(O)Cc1cccc(C)c1. The van der Waals surface area contributed by atoms with E-state index in [0.717, 1.165) is 22.6 Å². The van der Waals surface area contributed by atoms with Gasteiger partial charge in [-0.05, 0) is 30.4 Å². The number of aliphatic hydroxyl groups is 1. The van der Waals surface area contributed by atoms with Crippen LogP contribution in [-0.4, -0.2) is 14.7 Å². The molecule has 0 bridgehead atoms. The topological polar surface area (TPSA) is 46.0 Å². The van der Waals surface area contributed by atoms with Crippen molar-refractivity contribution in [3.8, 4) is 0 Å². The predicted octanol–water partition coefficient (Wildman–Crippen LogP) is 2.69. The fourth-order valence-electron chi connectivity index (χ4n) is 1.87. The highest BCUT2D eigenvalue weighted by Crippen LogP contribution is 2.24. The van der Waals surface area contributed by atoms with Crippen LogP contribution in [0.5, 0.6) is 0 Å². The Kier molecular flexibility index (Phi) is 3.86. The van der Waals surface area contributed by atoms with Crippen molar-refractivity contribution in [2.75, 3.05) is 0 Å². The van der Waals surface area contributed by atoms with Gasteiger partial charge >= 0.3 is 0 Å². The van der Waals surface area contributed by atoms with E-state index in [1.165, 1.54) is 17.1 Å². The molecular formula is C13H16N2OS. The van der Waals surface area contributed by atoms with E-state index in [9.17, 15) is 5.11 Å². The second kappa shape index (κ2) is 5.38. The highest BCUT2D eigenvalue weighted by molar-refractivity contribution is 7.05. The molecule has 90 valence electrons. The van der Waals surface area contributed by atoms with Crippen molar-refractivity contribution in [1.82, 2.24) is 9.59 Å². The Morgan fingerprint density at radius 2 is 2.24 bits per heavy atom.